The Labute approximate surface area is 110 Å². The van der Waals surface area contributed by atoms with Crippen molar-refractivity contribution in [2.75, 3.05) is 0 Å². The van der Waals surface area contributed by atoms with Crippen LogP contribution in [0.25, 0.3) is 0 Å². The van der Waals surface area contributed by atoms with E-state index in [2.05, 4.69) is 0 Å². The van der Waals surface area contributed by atoms with Crippen LogP contribution in [0.5, 0.6) is 0 Å². The van der Waals surface area contributed by atoms with Gasteiger partial charge in [-0.25, -0.2) is 0 Å². The molecule has 0 aliphatic heterocycles. The van der Waals surface area contributed by atoms with Gasteiger partial charge in [0.25, 0.3) is 0 Å². The van der Waals surface area contributed by atoms with Gasteiger partial charge < -0.3 is 9.47 Å². The average molecular weight is 258 g/mol. The minimum Gasteiger partial charge on any atom is -0.463 e. The van der Waals surface area contributed by atoms with E-state index in [1.807, 2.05) is 20.8 Å². The van der Waals surface area contributed by atoms with E-state index >= 15 is 0 Å². The second-order valence-corrected chi connectivity index (χ2v) is 5.07. The molecule has 4 nitrogen and oxygen atoms in total. The summed E-state index contributed by atoms with van der Waals surface area (Å²) in [5, 5.41) is 0. The third kappa shape index (κ3) is 8.09. The molecule has 0 aliphatic rings. The molecule has 0 aromatic carbocycles. The molecule has 0 saturated heterocycles. The molecule has 1 atom stereocenters. The number of hydrogen-bond donors (Lipinski definition) is 0. The van der Waals surface area contributed by atoms with Crippen molar-refractivity contribution in [2.45, 2.75) is 72.5 Å². The van der Waals surface area contributed by atoms with E-state index in [0.717, 1.165) is 6.42 Å². The molecular formula is C14H26O4. The number of rotatable bonds is 8. The van der Waals surface area contributed by atoms with Gasteiger partial charge in [0.15, 0.2) is 0 Å². The van der Waals surface area contributed by atoms with Crippen LogP contribution in [-0.4, -0.2) is 24.1 Å². The third-order valence-corrected chi connectivity index (χ3v) is 2.56. The quantitative estimate of drug-likeness (QED) is 0.628. The first-order chi connectivity index (χ1) is 8.36. The van der Waals surface area contributed by atoms with Crippen LogP contribution in [0.2, 0.25) is 0 Å². The molecule has 0 heterocycles. The fourth-order valence-electron chi connectivity index (χ4n) is 1.62. The summed E-state index contributed by atoms with van der Waals surface area (Å²) >= 11 is 0. The molecule has 0 fully saturated rings. The van der Waals surface area contributed by atoms with Crippen molar-refractivity contribution >= 4 is 11.9 Å². The van der Waals surface area contributed by atoms with E-state index < -0.39 is 0 Å². The van der Waals surface area contributed by atoms with Crippen molar-refractivity contribution in [1.82, 2.24) is 0 Å². The summed E-state index contributed by atoms with van der Waals surface area (Å²) in [6.07, 6.45) is 1.72. The summed E-state index contributed by atoms with van der Waals surface area (Å²) in [7, 11) is 0. The van der Waals surface area contributed by atoms with E-state index in [4.69, 9.17) is 9.47 Å². The molecule has 4 heteroatoms. The highest BCUT2D eigenvalue weighted by molar-refractivity contribution is 5.72. The number of carbonyl (C=O) groups is 2. The lowest BCUT2D eigenvalue weighted by Gasteiger charge is -2.19. The number of hydrogen-bond acceptors (Lipinski definition) is 4. The van der Waals surface area contributed by atoms with Gasteiger partial charge in [0.2, 0.25) is 0 Å². The van der Waals surface area contributed by atoms with Crippen molar-refractivity contribution in [2.24, 2.45) is 5.92 Å². The Balaban J connectivity index is 3.80. The minimum absolute atomic E-state index is 0.0277. The molecule has 0 N–H and O–H groups in total. The first kappa shape index (κ1) is 16.9. The van der Waals surface area contributed by atoms with Gasteiger partial charge in [-0.15, -0.1) is 0 Å². The number of ether oxygens (including phenoxy) is 2. The van der Waals surface area contributed by atoms with E-state index in [1.165, 1.54) is 0 Å². The maximum Gasteiger partial charge on any atom is 0.306 e. The van der Waals surface area contributed by atoms with Crippen LogP contribution in [0.4, 0.5) is 0 Å². The van der Waals surface area contributed by atoms with E-state index in [1.54, 1.807) is 13.8 Å². The van der Waals surface area contributed by atoms with Crippen LogP contribution < -0.4 is 0 Å². The Morgan fingerprint density at radius 1 is 0.944 bits per heavy atom. The maximum atomic E-state index is 11.5. The molecule has 0 saturated carbocycles. The molecule has 18 heavy (non-hydrogen) atoms. The molecule has 0 rings (SSSR count). The molecule has 0 amide bonds. The Morgan fingerprint density at radius 3 is 1.83 bits per heavy atom. The molecule has 0 spiro atoms. The second-order valence-electron chi connectivity index (χ2n) is 5.07. The van der Waals surface area contributed by atoms with Gasteiger partial charge in [-0.1, -0.05) is 20.8 Å². The van der Waals surface area contributed by atoms with Crippen molar-refractivity contribution in [3.63, 3.8) is 0 Å². The molecule has 0 bridgehead atoms. The minimum atomic E-state index is -0.256. The first-order valence-electron chi connectivity index (χ1n) is 6.75. The molecule has 0 radical (unpaired) electrons. The van der Waals surface area contributed by atoms with Gasteiger partial charge >= 0.3 is 11.9 Å². The largest absolute Gasteiger partial charge is 0.463 e. The van der Waals surface area contributed by atoms with Crippen LogP contribution in [0.15, 0.2) is 0 Å². The lowest BCUT2D eigenvalue weighted by molar-refractivity contribution is -0.152. The Bertz CT molecular complexity index is 259. The highest BCUT2D eigenvalue weighted by Gasteiger charge is 2.16. The lowest BCUT2D eigenvalue weighted by atomic mass is 10.1. The summed E-state index contributed by atoms with van der Waals surface area (Å²) in [5.74, 6) is -0.161. The molecular weight excluding hydrogens is 232 g/mol. The summed E-state index contributed by atoms with van der Waals surface area (Å²) in [6.45, 7) is 9.67. The fourth-order valence-corrected chi connectivity index (χ4v) is 1.62. The highest BCUT2D eigenvalue weighted by atomic mass is 16.5. The van der Waals surface area contributed by atoms with Gasteiger partial charge in [0.05, 0.1) is 6.10 Å². The molecule has 0 aliphatic carbocycles. The van der Waals surface area contributed by atoms with E-state index in [-0.39, 0.29) is 37.0 Å². The molecule has 0 aromatic rings. The van der Waals surface area contributed by atoms with Gasteiger partial charge in [0.1, 0.15) is 6.10 Å². The maximum absolute atomic E-state index is 11.5. The van der Waals surface area contributed by atoms with Gasteiger partial charge in [0, 0.05) is 12.8 Å². The Morgan fingerprint density at radius 2 is 1.44 bits per heavy atom. The summed E-state index contributed by atoms with van der Waals surface area (Å²) in [4.78, 5) is 22.8. The van der Waals surface area contributed by atoms with Crippen LogP contribution in [-0.2, 0) is 19.1 Å². The van der Waals surface area contributed by atoms with Crippen LogP contribution in [0, 0.1) is 5.92 Å². The van der Waals surface area contributed by atoms with Crippen LogP contribution >= 0.6 is 0 Å². The zero-order chi connectivity index (χ0) is 14.1. The smallest absolute Gasteiger partial charge is 0.306 e. The number of esters is 2. The van der Waals surface area contributed by atoms with Crippen molar-refractivity contribution < 1.29 is 19.1 Å². The first-order valence-corrected chi connectivity index (χ1v) is 6.75. The standard InChI is InChI=1S/C14H26O4/c1-6-12(10(2)3)18-14(16)9-7-8-13(15)17-11(4)5/h10-12H,6-9H2,1-5H3. The summed E-state index contributed by atoms with van der Waals surface area (Å²) < 4.78 is 10.3. The SMILES string of the molecule is CCC(OC(=O)CCCC(=O)OC(C)C)C(C)C. The van der Waals surface area contributed by atoms with Crippen LogP contribution in [0.3, 0.4) is 0 Å². The average Bonchev–Trinajstić information content (AvgIpc) is 2.24. The van der Waals surface area contributed by atoms with Gasteiger partial charge in [-0.3, -0.25) is 9.59 Å². The summed E-state index contributed by atoms with van der Waals surface area (Å²) in [6, 6.07) is 0. The van der Waals surface area contributed by atoms with E-state index in [9.17, 15) is 9.59 Å². The topological polar surface area (TPSA) is 52.6 Å². The van der Waals surface area contributed by atoms with Crippen molar-refractivity contribution in [3.8, 4) is 0 Å². The molecule has 1 unspecified atom stereocenters. The molecule has 0 aromatic heterocycles. The normalized spacial score (nSPS) is 12.6. The van der Waals surface area contributed by atoms with E-state index in [0.29, 0.717) is 12.3 Å². The Kier molecular flexibility index (Phi) is 8.42. The Hall–Kier alpha value is -1.06. The molecule has 106 valence electrons. The van der Waals surface area contributed by atoms with Crippen LogP contribution in [0.1, 0.15) is 60.3 Å². The lowest BCUT2D eigenvalue weighted by Crippen LogP contribution is -2.22. The van der Waals surface area contributed by atoms with Gasteiger partial charge in [-0.2, -0.15) is 0 Å². The zero-order valence-corrected chi connectivity index (χ0v) is 12.2. The summed E-state index contributed by atoms with van der Waals surface area (Å²) in [5.41, 5.74) is 0. The monoisotopic (exact) mass is 258 g/mol. The highest BCUT2D eigenvalue weighted by Crippen LogP contribution is 2.12. The van der Waals surface area contributed by atoms with Crippen molar-refractivity contribution in [3.05, 3.63) is 0 Å². The predicted octanol–water partition coefficient (Wildman–Crippen LogP) is 3.09. The number of carbonyl (C=O) groups excluding carboxylic acids is 2. The predicted molar refractivity (Wildman–Crippen MR) is 70.1 cm³/mol. The van der Waals surface area contributed by atoms with Gasteiger partial charge in [-0.05, 0) is 32.6 Å². The fraction of sp³-hybridized carbons (Fsp3) is 0.857. The zero-order valence-electron chi connectivity index (χ0n) is 12.2. The van der Waals surface area contributed by atoms with Crippen molar-refractivity contribution in [1.29, 1.82) is 0 Å². The third-order valence-electron chi connectivity index (χ3n) is 2.56. The second kappa shape index (κ2) is 8.95.